The minimum Gasteiger partial charge on any atom is -0.384 e. The van der Waals surface area contributed by atoms with E-state index in [1.807, 2.05) is 44.2 Å². The van der Waals surface area contributed by atoms with Crippen LogP contribution >= 0.6 is 31.9 Å². The monoisotopic (exact) mass is 368 g/mol. The first kappa shape index (κ1) is 13.8. The number of halogens is 2. The minimum atomic E-state index is -0.589. The summed E-state index contributed by atoms with van der Waals surface area (Å²) in [5, 5.41) is 10.5. The molecule has 0 saturated carbocycles. The number of hydrogen-bond donors (Lipinski definition) is 1. The number of rotatable bonds is 2. The van der Waals surface area contributed by atoms with Crippen LogP contribution in [0.25, 0.3) is 0 Å². The lowest BCUT2D eigenvalue weighted by atomic mass is 9.96. The zero-order valence-electron chi connectivity index (χ0n) is 10.2. The van der Waals surface area contributed by atoms with Crippen molar-refractivity contribution in [3.8, 4) is 0 Å². The molecule has 0 aliphatic heterocycles. The molecular weight excluding hydrogens is 356 g/mol. The van der Waals surface area contributed by atoms with Crippen LogP contribution < -0.4 is 0 Å². The Bertz CT molecular complexity index is 579. The predicted octanol–water partition coefficient (Wildman–Crippen LogP) is 4.91. The summed E-state index contributed by atoms with van der Waals surface area (Å²) in [6.45, 7) is 4.05. The molecule has 1 nitrogen and oxygen atoms in total. The van der Waals surface area contributed by atoms with Crippen molar-refractivity contribution in [2.24, 2.45) is 0 Å². The zero-order chi connectivity index (χ0) is 13.3. The molecule has 0 fully saturated rings. The van der Waals surface area contributed by atoms with Gasteiger partial charge in [0.2, 0.25) is 0 Å². The summed E-state index contributed by atoms with van der Waals surface area (Å²) in [7, 11) is 0. The van der Waals surface area contributed by atoms with E-state index in [2.05, 4.69) is 37.9 Å². The average Bonchev–Trinajstić information content (AvgIpc) is 2.35. The molecule has 1 unspecified atom stereocenters. The molecule has 0 amide bonds. The quantitative estimate of drug-likeness (QED) is 0.797. The maximum Gasteiger partial charge on any atom is 0.104 e. The van der Waals surface area contributed by atoms with Crippen LogP contribution in [0.4, 0.5) is 0 Å². The van der Waals surface area contributed by atoms with E-state index in [1.54, 1.807) is 0 Å². The van der Waals surface area contributed by atoms with E-state index >= 15 is 0 Å². The van der Waals surface area contributed by atoms with Crippen molar-refractivity contribution in [2.45, 2.75) is 20.0 Å². The molecule has 3 heteroatoms. The van der Waals surface area contributed by atoms with Crippen LogP contribution in [0.15, 0.2) is 45.3 Å². The van der Waals surface area contributed by atoms with Crippen molar-refractivity contribution in [3.05, 3.63) is 67.6 Å². The molecule has 0 radical (unpaired) electrons. The van der Waals surface area contributed by atoms with Crippen molar-refractivity contribution in [2.75, 3.05) is 0 Å². The Morgan fingerprint density at radius 3 is 2.33 bits per heavy atom. The second-order valence-corrected chi connectivity index (χ2v) is 6.14. The first-order valence-electron chi connectivity index (χ1n) is 5.69. The van der Waals surface area contributed by atoms with Gasteiger partial charge in [0, 0.05) is 8.95 Å². The maximum atomic E-state index is 10.5. The highest BCUT2D eigenvalue weighted by Gasteiger charge is 2.14. The van der Waals surface area contributed by atoms with Crippen molar-refractivity contribution < 1.29 is 5.11 Å². The van der Waals surface area contributed by atoms with Crippen LogP contribution in [0.2, 0.25) is 0 Å². The third kappa shape index (κ3) is 2.85. The fraction of sp³-hybridized carbons (Fsp3) is 0.200. The zero-order valence-corrected chi connectivity index (χ0v) is 13.4. The van der Waals surface area contributed by atoms with Crippen LogP contribution in [0.1, 0.15) is 28.4 Å². The highest BCUT2D eigenvalue weighted by atomic mass is 79.9. The molecule has 1 N–H and O–H groups in total. The lowest BCUT2D eigenvalue weighted by molar-refractivity contribution is 0.219. The Hall–Kier alpha value is -0.640. The van der Waals surface area contributed by atoms with Gasteiger partial charge < -0.3 is 5.11 Å². The topological polar surface area (TPSA) is 20.2 Å². The van der Waals surface area contributed by atoms with E-state index in [0.29, 0.717) is 0 Å². The molecule has 2 aromatic rings. The summed E-state index contributed by atoms with van der Waals surface area (Å²) in [5.41, 5.74) is 4.11. The van der Waals surface area contributed by atoms with Gasteiger partial charge in [0.05, 0.1) is 0 Å². The molecule has 18 heavy (non-hydrogen) atoms. The standard InChI is InChI=1S/C15H14Br2O/c1-9-3-4-10(2)12(7-9)15(18)11-5-6-13(16)14(17)8-11/h3-8,15,18H,1-2H3. The number of benzene rings is 2. The normalized spacial score (nSPS) is 12.5. The molecule has 0 aliphatic carbocycles. The third-order valence-electron chi connectivity index (χ3n) is 2.99. The van der Waals surface area contributed by atoms with Crippen molar-refractivity contribution in [1.82, 2.24) is 0 Å². The number of aliphatic hydroxyl groups excluding tert-OH is 1. The van der Waals surface area contributed by atoms with Crippen LogP contribution in [0.3, 0.4) is 0 Å². The van der Waals surface area contributed by atoms with Crippen molar-refractivity contribution >= 4 is 31.9 Å². The summed E-state index contributed by atoms with van der Waals surface area (Å²) < 4.78 is 1.93. The van der Waals surface area contributed by atoms with Gasteiger partial charge in [-0.15, -0.1) is 0 Å². The molecule has 0 aromatic heterocycles. The van der Waals surface area contributed by atoms with Crippen molar-refractivity contribution in [3.63, 3.8) is 0 Å². The predicted molar refractivity (Wildman–Crippen MR) is 81.8 cm³/mol. The van der Waals surface area contributed by atoms with Gasteiger partial charge in [-0.3, -0.25) is 0 Å². The van der Waals surface area contributed by atoms with E-state index in [0.717, 1.165) is 31.2 Å². The summed E-state index contributed by atoms with van der Waals surface area (Å²) in [6, 6.07) is 12.0. The highest BCUT2D eigenvalue weighted by molar-refractivity contribution is 9.13. The summed E-state index contributed by atoms with van der Waals surface area (Å²) in [6.07, 6.45) is -0.589. The van der Waals surface area contributed by atoms with Crippen molar-refractivity contribution in [1.29, 1.82) is 0 Å². The van der Waals surface area contributed by atoms with Gasteiger partial charge in [-0.1, -0.05) is 29.8 Å². The Balaban J connectivity index is 2.44. The Morgan fingerprint density at radius 1 is 0.944 bits per heavy atom. The average molecular weight is 370 g/mol. The molecule has 2 aromatic carbocycles. The lowest BCUT2D eigenvalue weighted by Gasteiger charge is -2.15. The van der Waals surface area contributed by atoms with Gasteiger partial charge in [-0.05, 0) is 74.5 Å². The molecule has 2 rings (SSSR count). The number of aryl methyl sites for hydroxylation is 2. The lowest BCUT2D eigenvalue weighted by Crippen LogP contribution is -2.02. The van der Waals surface area contributed by atoms with Crippen LogP contribution in [0.5, 0.6) is 0 Å². The van der Waals surface area contributed by atoms with Crippen LogP contribution in [0, 0.1) is 13.8 Å². The second kappa shape index (κ2) is 5.55. The molecule has 0 heterocycles. The Kier molecular flexibility index (Phi) is 4.25. The van der Waals surface area contributed by atoms with E-state index in [9.17, 15) is 5.11 Å². The second-order valence-electron chi connectivity index (χ2n) is 4.44. The van der Waals surface area contributed by atoms with E-state index in [-0.39, 0.29) is 0 Å². The van der Waals surface area contributed by atoms with Gasteiger partial charge in [0.1, 0.15) is 6.10 Å². The fourth-order valence-electron chi connectivity index (χ4n) is 1.92. The van der Waals surface area contributed by atoms with E-state index < -0.39 is 6.10 Å². The molecule has 0 aliphatic rings. The largest absolute Gasteiger partial charge is 0.384 e. The third-order valence-corrected chi connectivity index (χ3v) is 4.87. The summed E-state index contributed by atoms with van der Waals surface area (Å²) >= 11 is 6.89. The Morgan fingerprint density at radius 2 is 1.67 bits per heavy atom. The van der Waals surface area contributed by atoms with Gasteiger partial charge in [-0.2, -0.15) is 0 Å². The highest BCUT2D eigenvalue weighted by Crippen LogP contribution is 2.30. The molecule has 94 valence electrons. The van der Waals surface area contributed by atoms with Crippen LogP contribution in [-0.2, 0) is 0 Å². The number of aliphatic hydroxyl groups is 1. The van der Waals surface area contributed by atoms with Gasteiger partial charge in [0.15, 0.2) is 0 Å². The number of hydrogen-bond acceptors (Lipinski definition) is 1. The summed E-state index contributed by atoms with van der Waals surface area (Å²) in [5.74, 6) is 0. The minimum absolute atomic E-state index is 0.589. The first-order chi connectivity index (χ1) is 8.49. The Labute approximate surface area is 124 Å². The SMILES string of the molecule is Cc1ccc(C)c(C(O)c2ccc(Br)c(Br)c2)c1. The fourth-order valence-corrected chi connectivity index (χ4v) is 2.56. The van der Waals surface area contributed by atoms with E-state index in [4.69, 9.17) is 0 Å². The smallest absolute Gasteiger partial charge is 0.104 e. The molecular formula is C15H14Br2O. The molecule has 1 atom stereocenters. The summed E-state index contributed by atoms with van der Waals surface area (Å²) in [4.78, 5) is 0. The van der Waals surface area contributed by atoms with E-state index in [1.165, 1.54) is 0 Å². The van der Waals surface area contributed by atoms with Gasteiger partial charge in [0.25, 0.3) is 0 Å². The maximum absolute atomic E-state index is 10.5. The first-order valence-corrected chi connectivity index (χ1v) is 7.28. The van der Waals surface area contributed by atoms with Gasteiger partial charge >= 0.3 is 0 Å². The molecule has 0 bridgehead atoms. The molecule has 0 saturated heterocycles. The van der Waals surface area contributed by atoms with Crippen LogP contribution in [-0.4, -0.2) is 5.11 Å². The van der Waals surface area contributed by atoms with Gasteiger partial charge in [-0.25, -0.2) is 0 Å². The molecule has 0 spiro atoms.